The van der Waals surface area contributed by atoms with Gasteiger partial charge in [0.2, 0.25) is 0 Å². The smallest absolute Gasteiger partial charge is 0.265 e. The van der Waals surface area contributed by atoms with Gasteiger partial charge in [0.25, 0.3) is 6.43 Å². The standard InChI is InChI=1S/C13H10BrF3N2/c14-7-1-3-12(10(15)5-7)19-11-4-2-8(18)6-9(11)13(16)17/h1-6,13,19H,18H2. The van der Waals surface area contributed by atoms with Crippen molar-refractivity contribution in [2.45, 2.75) is 6.43 Å². The Bertz CT molecular complexity index is 602. The number of hydrogen-bond donors (Lipinski definition) is 2. The SMILES string of the molecule is Nc1ccc(Nc2ccc(Br)cc2F)c(C(F)F)c1. The highest BCUT2D eigenvalue weighted by Crippen LogP contribution is 2.32. The summed E-state index contributed by atoms with van der Waals surface area (Å²) in [6.45, 7) is 0. The summed E-state index contributed by atoms with van der Waals surface area (Å²) in [4.78, 5) is 0. The normalized spacial score (nSPS) is 10.8. The van der Waals surface area contributed by atoms with Crippen LogP contribution in [0.2, 0.25) is 0 Å². The van der Waals surface area contributed by atoms with Crippen molar-refractivity contribution in [2.75, 3.05) is 11.1 Å². The molecule has 0 aliphatic carbocycles. The van der Waals surface area contributed by atoms with Crippen LogP contribution in [0.15, 0.2) is 40.9 Å². The molecule has 0 aliphatic heterocycles. The summed E-state index contributed by atoms with van der Waals surface area (Å²) in [7, 11) is 0. The Kier molecular flexibility index (Phi) is 3.99. The second-order valence-electron chi connectivity index (χ2n) is 3.90. The van der Waals surface area contributed by atoms with E-state index in [1.807, 2.05) is 0 Å². The summed E-state index contributed by atoms with van der Waals surface area (Å²) in [6, 6.07) is 8.38. The van der Waals surface area contributed by atoms with E-state index in [0.717, 1.165) is 0 Å². The fraction of sp³-hybridized carbons (Fsp3) is 0.0769. The first-order chi connectivity index (χ1) is 8.97. The van der Waals surface area contributed by atoms with E-state index in [4.69, 9.17) is 5.73 Å². The third-order valence-electron chi connectivity index (χ3n) is 2.51. The van der Waals surface area contributed by atoms with E-state index in [0.29, 0.717) is 4.47 Å². The first-order valence-electron chi connectivity index (χ1n) is 5.37. The van der Waals surface area contributed by atoms with Crippen LogP contribution in [-0.2, 0) is 0 Å². The molecular formula is C13H10BrF3N2. The molecule has 0 fully saturated rings. The van der Waals surface area contributed by atoms with Gasteiger partial charge in [-0.1, -0.05) is 15.9 Å². The van der Waals surface area contributed by atoms with Crippen molar-refractivity contribution >= 4 is 33.0 Å². The minimum atomic E-state index is -2.69. The molecule has 2 rings (SSSR count). The number of halogens is 4. The average Bonchev–Trinajstić information content (AvgIpc) is 2.34. The van der Waals surface area contributed by atoms with Gasteiger partial charge in [-0.2, -0.15) is 0 Å². The molecule has 2 aromatic carbocycles. The van der Waals surface area contributed by atoms with Crippen LogP contribution in [0.25, 0.3) is 0 Å². The third kappa shape index (κ3) is 3.20. The zero-order chi connectivity index (χ0) is 14.0. The molecule has 0 bridgehead atoms. The van der Waals surface area contributed by atoms with E-state index in [-0.39, 0.29) is 22.6 Å². The van der Waals surface area contributed by atoms with E-state index in [1.165, 1.54) is 30.3 Å². The zero-order valence-electron chi connectivity index (χ0n) is 9.63. The van der Waals surface area contributed by atoms with Gasteiger partial charge < -0.3 is 11.1 Å². The molecule has 0 atom stereocenters. The van der Waals surface area contributed by atoms with Gasteiger partial charge in [-0.25, -0.2) is 13.2 Å². The van der Waals surface area contributed by atoms with Crippen LogP contribution in [-0.4, -0.2) is 0 Å². The molecule has 2 nitrogen and oxygen atoms in total. The van der Waals surface area contributed by atoms with Gasteiger partial charge in [-0.05, 0) is 36.4 Å². The van der Waals surface area contributed by atoms with Crippen LogP contribution in [0, 0.1) is 5.82 Å². The van der Waals surface area contributed by atoms with Crippen molar-refractivity contribution in [1.82, 2.24) is 0 Å². The molecule has 0 saturated heterocycles. The molecule has 19 heavy (non-hydrogen) atoms. The third-order valence-corrected chi connectivity index (χ3v) is 3.00. The molecule has 2 aromatic rings. The Morgan fingerprint density at radius 2 is 1.74 bits per heavy atom. The van der Waals surface area contributed by atoms with E-state index < -0.39 is 12.2 Å². The van der Waals surface area contributed by atoms with Crippen LogP contribution in [0.1, 0.15) is 12.0 Å². The molecule has 100 valence electrons. The van der Waals surface area contributed by atoms with Gasteiger partial charge in [0.05, 0.1) is 5.69 Å². The molecule has 0 heterocycles. The minimum absolute atomic E-state index is 0.120. The Hall–Kier alpha value is -1.69. The van der Waals surface area contributed by atoms with Gasteiger partial charge in [-0.15, -0.1) is 0 Å². The molecule has 0 amide bonds. The van der Waals surface area contributed by atoms with E-state index >= 15 is 0 Å². The number of rotatable bonds is 3. The molecule has 0 radical (unpaired) electrons. The van der Waals surface area contributed by atoms with Gasteiger partial charge in [0, 0.05) is 21.4 Å². The molecule has 6 heteroatoms. The number of anilines is 3. The first-order valence-corrected chi connectivity index (χ1v) is 6.16. The Balaban J connectivity index is 2.38. The lowest BCUT2D eigenvalue weighted by molar-refractivity contribution is 0.152. The lowest BCUT2D eigenvalue weighted by atomic mass is 10.1. The predicted molar refractivity (Wildman–Crippen MR) is 73.2 cm³/mol. The van der Waals surface area contributed by atoms with Crippen molar-refractivity contribution < 1.29 is 13.2 Å². The summed E-state index contributed by atoms with van der Waals surface area (Å²) in [5.74, 6) is -0.536. The molecule has 0 saturated carbocycles. The van der Waals surface area contributed by atoms with Gasteiger partial charge in [-0.3, -0.25) is 0 Å². The largest absolute Gasteiger partial charge is 0.399 e. The predicted octanol–water partition coefficient (Wildman–Crippen LogP) is 4.85. The fourth-order valence-electron chi connectivity index (χ4n) is 1.61. The molecular weight excluding hydrogens is 321 g/mol. The second kappa shape index (κ2) is 5.52. The maximum atomic E-state index is 13.6. The molecule has 0 spiro atoms. The number of nitrogen functional groups attached to an aromatic ring is 1. The molecule has 0 aliphatic rings. The summed E-state index contributed by atoms with van der Waals surface area (Å²) < 4.78 is 40.0. The topological polar surface area (TPSA) is 38.0 Å². The minimum Gasteiger partial charge on any atom is -0.399 e. The number of hydrogen-bond acceptors (Lipinski definition) is 2. The lowest BCUT2D eigenvalue weighted by Gasteiger charge is -2.13. The van der Waals surface area contributed by atoms with Crippen molar-refractivity contribution in [3.63, 3.8) is 0 Å². The number of benzene rings is 2. The van der Waals surface area contributed by atoms with Crippen molar-refractivity contribution in [2.24, 2.45) is 0 Å². The highest BCUT2D eigenvalue weighted by atomic mass is 79.9. The molecule has 0 aromatic heterocycles. The van der Waals surface area contributed by atoms with Crippen molar-refractivity contribution in [1.29, 1.82) is 0 Å². The van der Waals surface area contributed by atoms with E-state index in [1.54, 1.807) is 6.07 Å². The summed E-state index contributed by atoms with van der Waals surface area (Å²) in [5, 5.41) is 2.65. The molecule has 3 N–H and O–H groups in total. The highest BCUT2D eigenvalue weighted by Gasteiger charge is 2.14. The van der Waals surface area contributed by atoms with Crippen molar-refractivity contribution in [3.8, 4) is 0 Å². The maximum Gasteiger partial charge on any atom is 0.265 e. The fourth-order valence-corrected chi connectivity index (χ4v) is 1.94. The quantitative estimate of drug-likeness (QED) is 0.789. The van der Waals surface area contributed by atoms with Crippen molar-refractivity contribution in [3.05, 3.63) is 52.3 Å². The average molecular weight is 331 g/mol. The van der Waals surface area contributed by atoms with Gasteiger partial charge >= 0.3 is 0 Å². The van der Waals surface area contributed by atoms with Crippen LogP contribution in [0.3, 0.4) is 0 Å². The van der Waals surface area contributed by atoms with Crippen LogP contribution < -0.4 is 11.1 Å². The summed E-state index contributed by atoms with van der Waals surface area (Å²) in [6.07, 6.45) is -2.69. The van der Waals surface area contributed by atoms with E-state index in [2.05, 4.69) is 21.2 Å². The Morgan fingerprint density at radius 3 is 2.37 bits per heavy atom. The van der Waals surface area contributed by atoms with Crippen LogP contribution >= 0.6 is 15.9 Å². The van der Waals surface area contributed by atoms with Crippen LogP contribution in [0.4, 0.5) is 30.2 Å². The maximum absolute atomic E-state index is 13.6. The highest BCUT2D eigenvalue weighted by molar-refractivity contribution is 9.10. The van der Waals surface area contributed by atoms with Crippen LogP contribution in [0.5, 0.6) is 0 Å². The second-order valence-corrected chi connectivity index (χ2v) is 4.81. The lowest BCUT2D eigenvalue weighted by Crippen LogP contribution is -2.00. The summed E-state index contributed by atoms with van der Waals surface area (Å²) >= 11 is 3.12. The van der Waals surface area contributed by atoms with Gasteiger partial charge in [0.15, 0.2) is 0 Å². The first kappa shape index (κ1) is 13.7. The van der Waals surface area contributed by atoms with E-state index in [9.17, 15) is 13.2 Å². The number of nitrogens with one attached hydrogen (secondary N) is 1. The molecule has 0 unspecified atom stereocenters. The van der Waals surface area contributed by atoms with Gasteiger partial charge in [0.1, 0.15) is 5.82 Å². The monoisotopic (exact) mass is 330 g/mol. The summed E-state index contributed by atoms with van der Waals surface area (Å²) in [5.41, 5.74) is 5.69. The number of alkyl halides is 2. The Morgan fingerprint density at radius 1 is 1.05 bits per heavy atom. The number of nitrogens with two attached hydrogens (primary N) is 1. The Labute approximate surface area is 116 Å². The zero-order valence-corrected chi connectivity index (χ0v) is 11.2.